The van der Waals surface area contributed by atoms with Crippen LogP contribution in [0.15, 0.2) is 42.5 Å². The molecule has 2 aromatic carbocycles. The minimum Gasteiger partial charge on any atom is -0.447 e. The van der Waals surface area contributed by atoms with E-state index in [1.165, 1.54) is 39.2 Å². The highest BCUT2D eigenvalue weighted by Gasteiger charge is 2.21. The van der Waals surface area contributed by atoms with Gasteiger partial charge in [-0.1, -0.05) is 67.4 Å². The number of nitrogens with one attached hydrogen (secondary N) is 3. The molecule has 1 aliphatic carbocycles. The van der Waals surface area contributed by atoms with Crippen LogP contribution in [-0.2, 0) is 9.47 Å². The van der Waals surface area contributed by atoms with E-state index in [-0.39, 0.29) is 25.2 Å². The van der Waals surface area contributed by atoms with E-state index < -0.39 is 12.2 Å². The minimum atomic E-state index is -0.561. The van der Waals surface area contributed by atoms with Crippen molar-refractivity contribution in [1.29, 1.82) is 0 Å². The molecule has 9 heteroatoms. The van der Waals surface area contributed by atoms with Crippen LogP contribution in [-0.4, -0.2) is 51.9 Å². The first-order valence-electron chi connectivity index (χ1n) is 12.9. The molecule has 2 amide bonds. The summed E-state index contributed by atoms with van der Waals surface area (Å²) in [6, 6.07) is 12.7. The summed E-state index contributed by atoms with van der Waals surface area (Å²) >= 11 is 12.7. The van der Waals surface area contributed by atoms with Gasteiger partial charge in [0.25, 0.3) is 5.91 Å². The average Bonchev–Trinajstić information content (AvgIpc) is 2.90. The number of benzene rings is 2. The highest BCUT2D eigenvalue weighted by molar-refractivity contribution is 6.31. The molecule has 3 rings (SSSR count). The van der Waals surface area contributed by atoms with Gasteiger partial charge >= 0.3 is 6.09 Å². The van der Waals surface area contributed by atoms with Crippen LogP contribution < -0.4 is 16.0 Å². The maximum Gasteiger partial charge on any atom is 0.406 e. The third-order valence-electron chi connectivity index (χ3n) is 6.70. The number of alkyl carbamates (subject to hydrolysis) is 1. The second kappa shape index (κ2) is 15.2. The summed E-state index contributed by atoms with van der Waals surface area (Å²) < 4.78 is 11.1. The summed E-state index contributed by atoms with van der Waals surface area (Å²) in [6.07, 6.45) is 6.42. The number of carbonyl (C=O) groups is 2. The van der Waals surface area contributed by atoms with Gasteiger partial charge in [0.05, 0.1) is 6.61 Å². The quantitative estimate of drug-likeness (QED) is 0.293. The summed E-state index contributed by atoms with van der Waals surface area (Å²) in [5.41, 5.74) is 1.95. The summed E-state index contributed by atoms with van der Waals surface area (Å²) in [5, 5.41) is 9.80. The van der Waals surface area contributed by atoms with Crippen molar-refractivity contribution >= 4 is 35.2 Å². The van der Waals surface area contributed by atoms with E-state index in [1.54, 1.807) is 30.3 Å². The number of rotatable bonds is 12. The van der Waals surface area contributed by atoms with E-state index in [2.05, 4.69) is 16.0 Å². The van der Waals surface area contributed by atoms with Crippen molar-refractivity contribution in [1.82, 2.24) is 16.0 Å². The van der Waals surface area contributed by atoms with Crippen LogP contribution in [0.3, 0.4) is 0 Å². The molecule has 1 fully saturated rings. The number of amides is 2. The number of hydrogen-bond acceptors (Lipinski definition) is 5. The Morgan fingerprint density at radius 3 is 2.43 bits per heavy atom. The SMILES string of the molecule is CNC(=O)OCCOC(c1cccc(Cl)c1)c1cc(Cl)cc(C(=O)NC[C@H](CC2CCCCC2)NC)c1. The van der Waals surface area contributed by atoms with Gasteiger partial charge in [-0.3, -0.25) is 4.79 Å². The predicted molar refractivity (Wildman–Crippen MR) is 147 cm³/mol. The topological polar surface area (TPSA) is 88.7 Å². The molecule has 1 unspecified atom stereocenters. The van der Waals surface area contributed by atoms with Crippen LogP contribution in [0.2, 0.25) is 10.0 Å². The third kappa shape index (κ3) is 9.49. The monoisotopic (exact) mass is 549 g/mol. The summed E-state index contributed by atoms with van der Waals surface area (Å²) in [6.45, 7) is 0.749. The molecule has 0 aromatic heterocycles. The first-order chi connectivity index (χ1) is 17.9. The van der Waals surface area contributed by atoms with Crippen molar-refractivity contribution in [2.75, 3.05) is 33.9 Å². The molecule has 7 nitrogen and oxygen atoms in total. The smallest absolute Gasteiger partial charge is 0.406 e. The van der Waals surface area contributed by atoms with Gasteiger partial charge in [0, 0.05) is 35.2 Å². The highest BCUT2D eigenvalue weighted by Crippen LogP contribution is 2.31. The van der Waals surface area contributed by atoms with Gasteiger partial charge in [-0.05, 0) is 60.8 Å². The molecule has 1 saturated carbocycles. The van der Waals surface area contributed by atoms with Crippen LogP contribution in [0, 0.1) is 5.92 Å². The van der Waals surface area contributed by atoms with Crippen LogP contribution in [0.1, 0.15) is 66.1 Å². The number of ether oxygens (including phenoxy) is 2. The fraction of sp³-hybridized carbons (Fsp3) is 0.500. The standard InChI is InChI=1S/C28H37Cl2N3O4/c1-31-25(13-19-7-4-3-5-8-19)18-33-27(34)22-14-21(16-24(30)17-22)26(20-9-6-10-23(29)15-20)36-11-12-37-28(35)32-2/h6,9-10,14-17,19,25-26,31H,3-5,7-8,11-13,18H2,1-2H3,(H,32,35)(H,33,34)/t25-,26?/m0/s1. The number of hydrogen-bond donors (Lipinski definition) is 3. The lowest BCUT2D eigenvalue weighted by atomic mass is 9.85. The fourth-order valence-electron chi connectivity index (χ4n) is 4.77. The molecule has 2 atom stereocenters. The maximum absolute atomic E-state index is 13.1. The van der Waals surface area contributed by atoms with Crippen LogP contribution in [0.5, 0.6) is 0 Å². The zero-order chi connectivity index (χ0) is 26.6. The molecule has 0 heterocycles. The van der Waals surface area contributed by atoms with Gasteiger partial charge in [0.2, 0.25) is 0 Å². The van der Waals surface area contributed by atoms with Gasteiger partial charge in [0.15, 0.2) is 0 Å². The third-order valence-corrected chi connectivity index (χ3v) is 7.15. The lowest BCUT2D eigenvalue weighted by molar-refractivity contribution is 0.0405. The van der Waals surface area contributed by atoms with Crippen molar-refractivity contribution in [3.63, 3.8) is 0 Å². The molecule has 0 aliphatic heterocycles. The zero-order valence-corrected chi connectivity index (χ0v) is 23.0. The molecule has 37 heavy (non-hydrogen) atoms. The Hall–Kier alpha value is -2.32. The molecule has 0 saturated heterocycles. The van der Waals surface area contributed by atoms with Crippen molar-refractivity contribution in [2.45, 2.75) is 50.7 Å². The lowest BCUT2D eigenvalue weighted by Crippen LogP contribution is -2.40. The van der Waals surface area contributed by atoms with E-state index in [0.717, 1.165) is 12.0 Å². The minimum absolute atomic E-state index is 0.0665. The van der Waals surface area contributed by atoms with Gasteiger partial charge < -0.3 is 25.4 Å². The first-order valence-corrected chi connectivity index (χ1v) is 13.6. The van der Waals surface area contributed by atoms with Crippen LogP contribution >= 0.6 is 23.2 Å². The molecular formula is C28H37Cl2N3O4. The number of carbonyl (C=O) groups excluding carboxylic acids is 2. The molecule has 202 valence electrons. The number of halogens is 2. The van der Waals surface area contributed by atoms with Crippen molar-refractivity contribution in [2.24, 2.45) is 5.92 Å². The van der Waals surface area contributed by atoms with Crippen molar-refractivity contribution in [3.8, 4) is 0 Å². The van der Waals surface area contributed by atoms with Gasteiger partial charge in [0.1, 0.15) is 12.7 Å². The second-order valence-electron chi connectivity index (χ2n) is 9.40. The van der Waals surface area contributed by atoms with Gasteiger partial charge in [-0.2, -0.15) is 0 Å². The molecule has 0 radical (unpaired) electrons. The number of likely N-dealkylation sites (N-methyl/N-ethyl adjacent to an activating group) is 1. The van der Waals surface area contributed by atoms with Gasteiger partial charge in [-0.25, -0.2) is 4.79 Å². The van der Waals surface area contributed by atoms with E-state index in [1.807, 2.05) is 19.2 Å². The summed E-state index contributed by atoms with van der Waals surface area (Å²) in [4.78, 5) is 24.5. The average molecular weight is 551 g/mol. The van der Waals surface area contributed by atoms with E-state index in [4.69, 9.17) is 32.7 Å². The Morgan fingerprint density at radius 1 is 0.973 bits per heavy atom. The van der Waals surface area contributed by atoms with Crippen molar-refractivity contribution in [3.05, 3.63) is 69.2 Å². The predicted octanol–water partition coefficient (Wildman–Crippen LogP) is 5.74. The molecule has 1 aliphatic rings. The Bertz CT molecular complexity index is 1030. The maximum atomic E-state index is 13.1. The molecule has 0 spiro atoms. The molecule has 3 N–H and O–H groups in total. The van der Waals surface area contributed by atoms with Crippen molar-refractivity contribution < 1.29 is 19.1 Å². The Balaban J connectivity index is 1.71. The summed E-state index contributed by atoms with van der Waals surface area (Å²) in [7, 11) is 3.43. The molecule has 0 bridgehead atoms. The van der Waals surface area contributed by atoms with Crippen LogP contribution in [0.25, 0.3) is 0 Å². The zero-order valence-electron chi connectivity index (χ0n) is 21.5. The second-order valence-corrected chi connectivity index (χ2v) is 10.3. The Morgan fingerprint density at radius 2 is 1.73 bits per heavy atom. The molecule has 2 aromatic rings. The largest absolute Gasteiger partial charge is 0.447 e. The lowest BCUT2D eigenvalue weighted by Gasteiger charge is -2.26. The van der Waals surface area contributed by atoms with E-state index >= 15 is 0 Å². The van der Waals surface area contributed by atoms with Gasteiger partial charge in [-0.15, -0.1) is 0 Å². The highest BCUT2D eigenvalue weighted by atomic mass is 35.5. The fourth-order valence-corrected chi connectivity index (χ4v) is 5.21. The first kappa shape index (κ1) is 29.2. The Labute approximate surface area is 229 Å². The Kier molecular flexibility index (Phi) is 12.0. The van der Waals surface area contributed by atoms with Crippen LogP contribution in [0.4, 0.5) is 4.79 Å². The summed E-state index contributed by atoms with van der Waals surface area (Å²) in [5.74, 6) is 0.518. The normalized spacial score (nSPS) is 15.6. The van der Waals surface area contributed by atoms with E-state index in [9.17, 15) is 9.59 Å². The van der Waals surface area contributed by atoms with E-state index in [0.29, 0.717) is 33.6 Å². The molecular weight excluding hydrogens is 513 g/mol.